The first kappa shape index (κ1) is 17.8. The van der Waals surface area contributed by atoms with E-state index in [9.17, 15) is 14.4 Å². The molecule has 3 aliphatic heterocycles. The topological polar surface area (TPSA) is 90.5 Å². The van der Waals surface area contributed by atoms with Gasteiger partial charge in [0.15, 0.2) is 0 Å². The molecule has 1 aromatic rings. The fourth-order valence-corrected chi connectivity index (χ4v) is 5.32. The maximum atomic E-state index is 13.1. The second-order valence-electron chi connectivity index (χ2n) is 8.86. The zero-order chi connectivity index (χ0) is 19.3. The van der Waals surface area contributed by atoms with Crippen molar-refractivity contribution >= 4 is 17.7 Å². The van der Waals surface area contributed by atoms with Crippen LogP contribution in [0.2, 0.25) is 0 Å². The molecule has 28 heavy (non-hydrogen) atoms. The minimum Gasteiger partial charge on any atom is -0.322 e. The van der Waals surface area contributed by atoms with Gasteiger partial charge in [-0.2, -0.15) is 0 Å². The summed E-state index contributed by atoms with van der Waals surface area (Å²) in [6, 6.07) is 5.38. The van der Waals surface area contributed by atoms with Crippen molar-refractivity contribution in [2.75, 3.05) is 19.6 Å². The molecule has 1 aliphatic carbocycles. The lowest BCUT2D eigenvalue weighted by atomic mass is 9.58. The highest BCUT2D eigenvalue weighted by Gasteiger charge is 2.47. The highest BCUT2D eigenvalue weighted by atomic mass is 16.2. The lowest BCUT2D eigenvalue weighted by molar-refractivity contribution is -0.136. The zero-order valence-corrected chi connectivity index (χ0v) is 15.9. The van der Waals surface area contributed by atoms with E-state index in [0.29, 0.717) is 24.9 Å². The summed E-state index contributed by atoms with van der Waals surface area (Å²) in [5.41, 5.74) is 3.28. The average molecular weight is 382 g/mol. The van der Waals surface area contributed by atoms with Crippen molar-refractivity contribution in [3.05, 3.63) is 34.9 Å². The van der Waals surface area contributed by atoms with Crippen LogP contribution in [-0.4, -0.2) is 48.3 Å². The third kappa shape index (κ3) is 2.93. The summed E-state index contributed by atoms with van der Waals surface area (Å²) >= 11 is 0. The van der Waals surface area contributed by atoms with E-state index in [2.05, 4.69) is 16.0 Å². The van der Waals surface area contributed by atoms with E-state index in [1.54, 1.807) is 4.90 Å². The molecule has 5 rings (SSSR count). The average Bonchev–Trinajstić information content (AvgIpc) is 2.93. The normalized spacial score (nSPS) is 26.1. The van der Waals surface area contributed by atoms with Gasteiger partial charge in [0, 0.05) is 38.2 Å². The maximum Gasteiger partial charge on any atom is 0.255 e. The predicted octanol–water partition coefficient (Wildman–Crippen LogP) is 0.537. The van der Waals surface area contributed by atoms with Crippen molar-refractivity contribution in [1.29, 1.82) is 0 Å². The second kappa shape index (κ2) is 6.67. The van der Waals surface area contributed by atoms with Crippen molar-refractivity contribution in [3.63, 3.8) is 0 Å². The van der Waals surface area contributed by atoms with Crippen molar-refractivity contribution in [3.8, 4) is 0 Å². The largest absolute Gasteiger partial charge is 0.322 e. The van der Waals surface area contributed by atoms with Crippen LogP contribution in [0.5, 0.6) is 0 Å². The number of benzene rings is 1. The van der Waals surface area contributed by atoms with Crippen LogP contribution in [0, 0.1) is 11.3 Å². The van der Waals surface area contributed by atoms with Crippen molar-refractivity contribution in [1.82, 2.24) is 20.9 Å². The number of piperidine rings is 1. The van der Waals surface area contributed by atoms with Crippen molar-refractivity contribution in [2.45, 2.75) is 44.8 Å². The number of hydrogen-bond acceptors (Lipinski definition) is 5. The molecule has 3 fully saturated rings. The lowest BCUT2D eigenvalue weighted by Gasteiger charge is -2.54. The van der Waals surface area contributed by atoms with E-state index in [4.69, 9.17) is 0 Å². The van der Waals surface area contributed by atoms with Crippen LogP contribution in [0.4, 0.5) is 0 Å². The van der Waals surface area contributed by atoms with E-state index in [1.165, 1.54) is 25.9 Å². The Morgan fingerprint density at radius 2 is 2.00 bits per heavy atom. The summed E-state index contributed by atoms with van der Waals surface area (Å²) in [5.74, 6) is 0.0202. The Morgan fingerprint density at radius 3 is 2.71 bits per heavy atom. The van der Waals surface area contributed by atoms with Crippen LogP contribution in [-0.2, 0) is 22.7 Å². The Kier molecular flexibility index (Phi) is 4.25. The van der Waals surface area contributed by atoms with Gasteiger partial charge in [-0.15, -0.1) is 0 Å². The smallest absolute Gasteiger partial charge is 0.255 e. The first-order chi connectivity index (χ1) is 13.5. The minimum atomic E-state index is -0.555. The molecule has 3 amide bonds. The highest BCUT2D eigenvalue weighted by molar-refractivity contribution is 6.05. The van der Waals surface area contributed by atoms with Gasteiger partial charge in [-0.05, 0) is 48.3 Å². The van der Waals surface area contributed by atoms with E-state index in [0.717, 1.165) is 29.2 Å². The number of hydrogen-bond donors (Lipinski definition) is 3. The molecule has 7 heteroatoms. The Hall–Kier alpha value is -2.25. The number of nitrogens with zero attached hydrogens (tertiary/aromatic N) is 1. The summed E-state index contributed by atoms with van der Waals surface area (Å²) in [5, 5.41) is 9.26. The zero-order valence-electron chi connectivity index (χ0n) is 15.9. The van der Waals surface area contributed by atoms with Crippen LogP contribution in [0.25, 0.3) is 0 Å². The molecule has 0 bridgehead atoms. The molecule has 2 saturated heterocycles. The minimum absolute atomic E-state index is 0.0926. The van der Waals surface area contributed by atoms with Gasteiger partial charge in [0.1, 0.15) is 6.04 Å². The van der Waals surface area contributed by atoms with E-state index in [1.807, 2.05) is 18.2 Å². The fraction of sp³-hybridized carbons (Fsp3) is 0.571. The van der Waals surface area contributed by atoms with Crippen LogP contribution >= 0.6 is 0 Å². The number of amides is 3. The molecule has 1 unspecified atom stereocenters. The van der Waals surface area contributed by atoms with Gasteiger partial charge in [0.05, 0.1) is 0 Å². The molecule has 3 N–H and O–H groups in total. The third-order valence-electron chi connectivity index (χ3n) is 6.83. The summed E-state index contributed by atoms with van der Waals surface area (Å²) in [6.07, 6.45) is 3.27. The van der Waals surface area contributed by atoms with Crippen LogP contribution in [0.15, 0.2) is 18.2 Å². The van der Waals surface area contributed by atoms with Gasteiger partial charge in [-0.3, -0.25) is 19.7 Å². The molecule has 3 heterocycles. The molecule has 1 spiro atoms. The third-order valence-corrected chi connectivity index (χ3v) is 6.83. The first-order valence-electron chi connectivity index (χ1n) is 10.2. The van der Waals surface area contributed by atoms with Gasteiger partial charge in [-0.25, -0.2) is 0 Å². The summed E-state index contributed by atoms with van der Waals surface area (Å²) in [4.78, 5) is 38.3. The number of imide groups is 1. The standard InChI is InChI=1S/C21H26N4O3/c26-17-5-4-16(19(27)24-17)25-10-15-3-1-2-14(18(15)20(25)28)9-22-8-13-6-21(7-13)11-23-12-21/h1-3,13,16,22-23H,4-12H2,(H,24,26,27). The lowest BCUT2D eigenvalue weighted by Crippen LogP contribution is -2.61. The summed E-state index contributed by atoms with van der Waals surface area (Å²) < 4.78 is 0. The van der Waals surface area contributed by atoms with Crippen molar-refractivity contribution in [2.24, 2.45) is 11.3 Å². The Bertz CT molecular complexity index is 840. The van der Waals surface area contributed by atoms with Gasteiger partial charge in [0.2, 0.25) is 11.8 Å². The number of rotatable bonds is 5. The molecule has 0 radical (unpaired) electrons. The van der Waals surface area contributed by atoms with Crippen LogP contribution < -0.4 is 16.0 Å². The molecule has 1 aromatic carbocycles. The van der Waals surface area contributed by atoms with Gasteiger partial charge >= 0.3 is 0 Å². The van der Waals surface area contributed by atoms with Crippen LogP contribution in [0.1, 0.15) is 47.2 Å². The van der Waals surface area contributed by atoms with Crippen molar-refractivity contribution < 1.29 is 14.4 Å². The molecular formula is C21H26N4O3. The molecule has 7 nitrogen and oxygen atoms in total. The van der Waals surface area contributed by atoms with E-state index in [-0.39, 0.29) is 24.1 Å². The molecular weight excluding hydrogens is 356 g/mol. The summed E-state index contributed by atoms with van der Waals surface area (Å²) in [7, 11) is 0. The van der Waals surface area contributed by atoms with Gasteiger partial charge in [0.25, 0.3) is 5.91 Å². The van der Waals surface area contributed by atoms with Gasteiger partial charge in [-0.1, -0.05) is 18.2 Å². The monoisotopic (exact) mass is 382 g/mol. The predicted molar refractivity (Wildman–Crippen MR) is 102 cm³/mol. The summed E-state index contributed by atoms with van der Waals surface area (Å²) in [6.45, 7) is 4.42. The van der Waals surface area contributed by atoms with Gasteiger partial charge < -0.3 is 15.5 Å². The SMILES string of the molecule is O=C1CCC(N2Cc3cccc(CNCC4CC5(CNC5)C4)c3C2=O)C(=O)N1. The highest BCUT2D eigenvalue weighted by Crippen LogP contribution is 2.47. The number of carbonyl (C=O) groups is 3. The Labute approximate surface area is 164 Å². The maximum absolute atomic E-state index is 13.1. The molecule has 148 valence electrons. The first-order valence-corrected chi connectivity index (χ1v) is 10.2. The molecule has 1 saturated carbocycles. The Morgan fingerprint density at radius 1 is 1.18 bits per heavy atom. The number of nitrogens with one attached hydrogen (secondary N) is 3. The van der Waals surface area contributed by atoms with E-state index < -0.39 is 6.04 Å². The van der Waals surface area contributed by atoms with Crippen LogP contribution in [0.3, 0.4) is 0 Å². The van der Waals surface area contributed by atoms with E-state index >= 15 is 0 Å². The second-order valence-corrected chi connectivity index (χ2v) is 8.86. The molecule has 0 aromatic heterocycles. The number of fused-ring (bicyclic) bond motifs is 1. The Balaban J connectivity index is 1.22. The molecule has 4 aliphatic rings. The molecule has 1 atom stereocenters. The quantitative estimate of drug-likeness (QED) is 0.647. The fourth-order valence-electron chi connectivity index (χ4n) is 5.32. The number of carbonyl (C=O) groups excluding carboxylic acids is 3.